The smallest absolute Gasteiger partial charge is 0.355 e. The average Bonchev–Trinajstić information content (AvgIpc) is 2.77. The number of nitrogens with one attached hydrogen (secondary N) is 3. The molecule has 1 heterocycles. The zero-order chi connectivity index (χ0) is 22.4. The Morgan fingerprint density at radius 2 is 1.84 bits per heavy atom. The maximum atomic E-state index is 12.3. The molecule has 0 spiro atoms. The number of benzene rings is 2. The van der Waals surface area contributed by atoms with Gasteiger partial charge in [-0.05, 0) is 24.3 Å². The third kappa shape index (κ3) is 4.90. The molecule has 0 fully saturated rings. The van der Waals surface area contributed by atoms with E-state index in [1.54, 1.807) is 36.4 Å². The van der Waals surface area contributed by atoms with E-state index in [0.29, 0.717) is 17.2 Å². The molecular formula is C19H17ClN6O5. The summed E-state index contributed by atoms with van der Waals surface area (Å²) in [5.74, 6) is -0.00351. The van der Waals surface area contributed by atoms with Gasteiger partial charge in [0.2, 0.25) is 11.6 Å². The minimum atomic E-state index is -0.678. The van der Waals surface area contributed by atoms with E-state index in [1.165, 1.54) is 20.3 Å². The Balaban J connectivity index is 1.87. The molecule has 160 valence electrons. The van der Waals surface area contributed by atoms with Gasteiger partial charge < -0.3 is 14.8 Å². The Morgan fingerprint density at radius 3 is 2.52 bits per heavy atom. The Hall–Kier alpha value is -4.12. The van der Waals surface area contributed by atoms with Gasteiger partial charge in [-0.1, -0.05) is 23.7 Å². The SMILES string of the molecule is COc1ccc(Nc2ncnc(NNC(=O)c3ccccc3Cl)c2[N+](=O)[O-])c(OC)c1. The van der Waals surface area contributed by atoms with Crippen LogP contribution in [-0.4, -0.2) is 35.0 Å². The van der Waals surface area contributed by atoms with Crippen molar-refractivity contribution in [1.29, 1.82) is 0 Å². The number of halogens is 1. The van der Waals surface area contributed by atoms with Crippen molar-refractivity contribution in [3.05, 3.63) is 69.5 Å². The summed E-state index contributed by atoms with van der Waals surface area (Å²) in [4.78, 5) is 31.2. The second-order valence-electron chi connectivity index (χ2n) is 5.93. The summed E-state index contributed by atoms with van der Waals surface area (Å²) in [6.07, 6.45) is 1.11. The van der Waals surface area contributed by atoms with Crippen LogP contribution >= 0.6 is 11.6 Å². The number of rotatable bonds is 8. The van der Waals surface area contributed by atoms with Crippen molar-refractivity contribution in [3.8, 4) is 11.5 Å². The molecule has 1 aromatic heterocycles. The summed E-state index contributed by atoms with van der Waals surface area (Å²) < 4.78 is 10.4. The summed E-state index contributed by atoms with van der Waals surface area (Å²) in [6, 6.07) is 11.3. The molecular weight excluding hydrogens is 428 g/mol. The molecule has 11 nitrogen and oxygen atoms in total. The van der Waals surface area contributed by atoms with Crippen LogP contribution in [0.2, 0.25) is 5.02 Å². The fourth-order valence-electron chi connectivity index (χ4n) is 2.59. The van der Waals surface area contributed by atoms with Crippen LogP contribution in [0.5, 0.6) is 11.5 Å². The number of hydrogen-bond donors (Lipinski definition) is 3. The fraction of sp³-hybridized carbons (Fsp3) is 0.105. The Kier molecular flexibility index (Phi) is 6.67. The zero-order valence-electron chi connectivity index (χ0n) is 16.4. The van der Waals surface area contributed by atoms with E-state index in [2.05, 4.69) is 26.1 Å². The lowest BCUT2D eigenvalue weighted by Gasteiger charge is -2.13. The Morgan fingerprint density at radius 1 is 1.10 bits per heavy atom. The summed E-state index contributed by atoms with van der Waals surface area (Å²) >= 11 is 5.99. The van der Waals surface area contributed by atoms with Gasteiger partial charge in [0.05, 0.1) is 35.4 Å². The van der Waals surface area contributed by atoms with Crippen molar-refractivity contribution in [3.63, 3.8) is 0 Å². The minimum absolute atomic E-state index is 0.113. The molecule has 0 bridgehead atoms. The molecule has 3 N–H and O–H groups in total. The van der Waals surface area contributed by atoms with E-state index in [-0.39, 0.29) is 22.2 Å². The van der Waals surface area contributed by atoms with E-state index in [4.69, 9.17) is 21.1 Å². The highest BCUT2D eigenvalue weighted by atomic mass is 35.5. The Labute approximate surface area is 181 Å². The number of amides is 1. The van der Waals surface area contributed by atoms with Crippen molar-refractivity contribution in [2.75, 3.05) is 25.0 Å². The van der Waals surface area contributed by atoms with Crippen molar-refractivity contribution in [2.45, 2.75) is 0 Å². The maximum absolute atomic E-state index is 12.3. The van der Waals surface area contributed by atoms with Crippen LogP contribution in [0.4, 0.5) is 23.0 Å². The van der Waals surface area contributed by atoms with Gasteiger partial charge in [0, 0.05) is 6.07 Å². The van der Waals surface area contributed by atoms with Gasteiger partial charge in [0.15, 0.2) is 0 Å². The average molecular weight is 445 g/mol. The van der Waals surface area contributed by atoms with E-state index in [1.807, 2.05) is 0 Å². The molecule has 2 aromatic carbocycles. The van der Waals surface area contributed by atoms with Crippen molar-refractivity contribution in [2.24, 2.45) is 0 Å². The van der Waals surface area contributed by atoms with Crippen LogP contribution in [0.1, 0.15) is 10.4 Å². The van der Waals surface area contributed by atoms with Gasteiger partial charge in [-0.15, -0.1) is 0 Å². The molecule has 3 aromatic rings. The van der Waals surface area contributed by atoms with Crippen molar-refractivity contribution in [1.82, 2.24) is 15.4 Å². The van der Waals surface area contributed by atoms with Gasteiger partial charge in [0.25, 0.3) is 5.91 Å². The third-order valence-corrected chi connectivity index (χ3v) is 4.41. The molecule has 0 unspecified atom stereocenters. The zero-order valence-corrected chi connectivity index (χ0v) is 17.1. The highest BCUT2D eigenvalue weighted by Gasteiger charge is 2.24. The lowest BCUT2D eigenvalue weighted by molar-refractivity contribution is -0.383. The number of nitrogens with zero attached hydrogens (tertiary/aromatic N) is 3. The minimum Gasteiger partial charge on any atom is -0.497 e. The second-order valence-corrected chi connectivity index (χ2v) is 6.33. The van der Waals surface area contributed by atoms with Crippen LogP contribution in [0.15, 0.2) is 48.8 Å². The van der Waals surface area contributed by atoms with Gasteiger partial charge in [-0.25, -0.2) is 9.97 Å². The summed E-state index contributed by atoms with van der Waals surface area (Å²) in [7, 11) is 2.96. The summed E-state index contributed by atoms with van der Waals surface area (Å²) in [5.41, 5.74) is 4.91. The van der Waals surface area contributed by atoms with Crippen molar-refractivity contribution >= 4 is 40.5 Å². The highest BCUT2D eigenvalue weighted by Crippen LogP contribution is 2.35. The van der Waals surface area contributed by atoms with Gasteiger partial charge in [0.1, 0.15) is 17.8 Å². The summed E-state index contributed by atoms with van der Waals surface area (Å²) in [6.45, 7) is 0. The van der Waals surface area contributed by atoms with Gasteiger partial charge >= 0.3 is 5.69 Å². The molecule has 1 amide bonds. The molecule has 0 aliphatic heterocycles. The lowest BCUT2D eigenvalue weighted by Crippen LogP contribution is -2.30. The lowest BCUT2D eigenvalue weighted by atomic mass is 10.2. The van der Waals surface area contributed by atoms with Crippen LogP contribution in [0.25, 0.3) is 0 Å². The van der Waals surface area contributed by atoms with Gasteiger partial charge in [-0.2, -0.15) is 0 Å². The number of carbonyl (C=O) groups is 1. The number of aromatic nitrogens is 2. The first-order chi connectivity index (χ1) is 14.9. The standard InChI is InChI=1S/C19H17ClN6O5/c1-30-11-7-8-14(15(9-11)31-2)23-17-16(26(28)29)18(22-10-21-17)24-25-19(27)12-5-3-4-6-13(12)20/h3-10H,1-2H3,(H,25,27)(H2,21,22,23,24). The van der Waals surface area contributed by atoms with Crippen LogP contribution < -0.4 is 25.6 Å². The van der Waals surface area contributed by atoms with Crippen LogP contribution in [-0.2, 0) is 0 Å². The number of hydrogen-bond acceptors (Lipinski definition) is 9. The number of carbonyl (C=O) groups excluding carboxylic acids is 1. The largest absolute Gasteiger partial charge is 0.497 e. The van der Waals surface area contributed by atoms with E-state index in [0.717, 1.165) is 6.33 Å². The topological polar surface area (TPSA) is 141 Å². The number of anilines is 3. The van der Waals surface area contributed by atoms with E-state index in [9.17, 15) is 14.9 Å². The number of ether oxygens (including phenoxy) is 2. The molecule has 31 heavy (non-hydrogen) atoms. The second kappa shape index (κ2) is 9.59. The monoisotopic (exact) mass is 444 g/mol. The Bertz CT molecular complexity index is 1130. The molecule has 0 radical (unpaired) electrons. The number of methoxy groups -OCH3 is 2. The number of nitro groups is 1. The molecule has 0 atom stereocenters. The number of hydrazine groups is 1. The quantitative estimate of drug-likeness (QED) is 0.351. The predicted molar refractivity (Wildman–Crippen MR) is 114 cm³/mol. The maximum Gasteiger partial charge on any atom is 0.355 e. The normalized spacial score (nSPS) is 10.2. The molecule has 12 heteroatoms. The third-order valence-electron chi connectivity index (χ3n) is 4.08. The highest BCUT2D eigenvalue weighted by molar-refractivity contribution is 6.33. The van der Waals surface area contributed by atoms with E-state index >= 15 is 0 Å². The molecule has 0 saturated carbocycles. The molecule has 3 rings (SSSR count). The first-order valence-corrected chi connectivity index (χ1v) is 9.11. The molecule has 0 aliphatic rings. The molecule has 0 saturated heterocycles. The van der Waals surface area contributed by atoms with E-state index < -0.39 is 16.5 Å². The fourth-order valence-corrected chi connectivity index (χ4v) is 2.81. The summed E-state index contributed by atoms with van der Waals surface area (Å²) in [5, 5.41) is 14.8. The van der Waals surface area contributed by atoms with Crippen LogP contribution in [0.3, 0.4) is 0 Å². The molecule has 0 aliphatic carbocycles. The first-order valence-electron chi connectivity index (χ1n) is 8.74. The first kappa shape index (κ1) is 21.6. The van der Waals surface area contributed by atoms with Crippen LogP contribution in [0, 0.1) is 10.1 Å². The van der Waals surface area contributed by atoms with Crippen molar-refractivity contribution < 1.29 is 19.2 Å². The predicted octanol–water partition coefficient (Wildman–Crippen LogP) is 3.56. The van der Waals surface area contributed by atoms with Gasteiger partial charge in [-0.3, -0.25) is 25.8 Å².